The van der Waals surface area contributed by atoms with Crippen LogP contribution in [0.15, 0.2) is 35.2 Å². The molecule has 0 radical (unpaired) electrons. The highest BCUT2D eigenvalue weighted by Gasteiger charge is 2.60. The van der Waals surface area contributed by atoms with Gasteiger partial charge in [-0.1, -0.05) is 45.9 Å². The Bertz CT molecular complexity index is 1000. The van der Waals surface area contributed by atoms with E-state index < -0.39 is 9.84 Å². The summed E-state index contributed by atoms with van der Waals surface area (Å²) in [6.07, 6.45) is 13.3. The number of fused-ring (bicyclic) bond motifs is 5. The maximum Gasteiger partial charge on any atom is 0.181 e. The molecule has 3 nitrogen and oxygen atoms in total. The minimum atomic E-state index is -3.33. The largest absolute Gasteiger partial charge is 0.393 e. The second-order valence-electron chi connectivity index (χ2n) is 14.1. The summed E-state index contributed by atoms with van der Waals surface area (Å²) in [7, 11) is -3.33. The number of hydrogen-bond acceptors (Lipinski definition) is 3. The first-order valence-electron chi connectivity index (χ1n) is 15.0. The van der Waals surface area contributed by atoms with Gasteiger partial charge in [-0.15, -0.1) is 0 Å². The molecule has 1 aromatic rings. The lowest BCUT2D eigenvalue weighted by atomic mass is 9.44. The van der Waals surface area contributed by atoms with Crippen LogP contribution < -0.4 is 0 Å². The van der Waals surface area contributed by atoms with Crippen LogP contribution in [-0.4, -0.2) is 24.9 Å². The van der Waals surface area contributed by atoms with E-state index >= 15 is 0 Å². The van der Waals surface area contributed by atoms with E-state index in [1.54, 1.807) is 12.1 Å². The van der Waals surface area contributed by atoms with Crippen LogP contribution in [0.25, 0.3) is 0 Å². The van der Waals surface area contributed by atoms with Crippen LogP contribution in [0.3, 0.4) is 0 Å². The molecule has 0 saturated heterocycles. The van der Waals surface area contributed by atoms with Gasteiger partial charge in [-0.2, -0.15) is 0 Å². The standard InChI is InChI=1S/C32H50O3S/c1-22(2)10-13-27(36(34,35)26-8-6-5-7-9-26)21-24-12-15-29-28-14-11-23-20-25(33)16-18-31(23,3)30(28)17-19-32(24,29)4/h5-9,22-25,27-30,33H,10-21H2,1-4H3/t23?,24-,25+,27?,28?,29?,30?,31+,32?/m1/s1. The van der Waals surface area contributed by atoms with Crippen molar-refractivity contribution in [1.82, 2.24) is 0 Å². The third kappa shape index (κ3) is 4.61. The van der Waals surface area contributed by atoms with Crippen molar-refractivity contribution in [2.75, 3.05) is 0 Å². The summed E-state index contributed by atoms with van der Waals surface area (Å²) in [5.41, 5.74) is 0.679. The van der Waals surface area contributed by atoms with E-state index in [0.29, 0.717) is 28.1 Å². The number of rotatable bonds is 7. The van der Waals surface area contributed by atoms with Gasteiger partial charge in [-0.05, 0) is 136 Å². The van der Waals surface area contributed by atoms with Gasteiger partial charge >= 0.3 is 0 Å². The van der Waals surface area contributed by atoms with Crippen molar-refractivity contribution in [2.45, 2.75) is 121 Å². The Morgan fingerprint density at radius 2 is 1.58 bits per heavy atom. The summed E-state index contributed by atoms with van der Waals surface area (Å²) in [6, 6.07) is 9.22. The highest BCUT2D eigenvalue weighted by Crippen LogP contribution is 2.68. The van der Waals surface area contributed by atoms with Crippen LogP contribution >= 0.6 is 0 Å². The van der Waals surface area contributed by atoms with Gasteiger partial charge in [0.05, 0.1) is 16.2 Å². The summed E-state index contributed by atoms with van der Waals surface area (Å²) in [5.74, 6) is 4.07. The third-order valence-electron chi connectivity index (χ3n) is 12.0. The molecule has 1 aromatic carbocycles. The Morgan fingerprint density at radius 3 is 2.31 bits per heavy atom. The topological polar surface area (TPSA) is 54.4 Å². The molecule has 202 valence electrons. The number of benzene rings is 1. The quantitative estimate of drug-likeness (QED) is 0.406. The molecule has 4 aliphatic carbocycles. The normalized spacial score (nSPS) is 41.4. The zero-order valence-electron chi connectivity index (χ0n) is 23.2. The Hall–Kier alpha value is -0.870. The predicted octanol–water partition coefficient (Wildman–Crippen LogP) is 7.68. The fourth-order valence-corrected chi connectivity index (χ4v) is 11.6. The molecule has 0 heterocycles. The van der Waals surface area contributed by atoms with Crippen molar-refractivity contribution in [3.63, 3.8) is 0 Å². The summed E-state index contributed by atoms with van der Waals surface area (Å²) < 4.78 is 27.7. The van der Waals surface area contributed by atoms with E-state index in [4.69, 9.17) is 0 Å². The van der Waals surface area contributed by atoms with Gasteiger partial charge in [0, 0.05) is 0 Å². The van der Waals surface area contributed by atoms with Gasteiger partial charge in [0.25, 0.3) is 0 Å². The average molecular weight is 515 g/mol. The number of aliphatic hydroxyl groups is 1. The number of aliphatic hydroxyl groups excluding tert-OH is 1. The molecule has 4 aliphatic rings. The molecule has 0 aliphatic heterocycles. The number of hydrogen-bond donors (Lipinski definition) is 1. The van der Waals surface area contributed by atoms with Crippen molar-refractivity contribution in [2.24, 2.45) is 46.3 Å². The van der Waals surface area contributed by atoms with E-state index in [9.17, 15) is 13.5 Å². The molecule has 0 spiro atoms. The van der Waals surface area contributed by atoms with Crippen LogP contribution in [0.4, 0.5) is 0 Å². The van der Waals surface area contributed by atoms with E-state index in [-0.39, 0.29) is 16.8 Å². The molecule has 9 atom stereocenters. The molecule has 0 aromatic heterocycles. The fourth-order valence-electron chi connectivity index (χ4n) is 9.77. The van der Waals surface area contributed by atoms with Gasteiger partial charge in [0.2, 0.25) is 0 Å². The SMILES string of the molecule is CC(C)CCC(C[C@H]1CCC2C3CCC4C[C@@H](O)CC[C@]4(C)C3CCC21C)S(=O)(=O)c1ccccc1. The van der Waals surface area contributed by atoms with E-state index in [1.165, 1.54) is 44.9 Å². The minimum Gasteiger partial charge on any atom is -0.393 e. The number of sulfone groups is 1. The van der Waals surface area contributed by atoms with E-state index in [0.717, 1.165) is 49.9 Å². The van der Waals surface area contributed by atoms with Gasteiger partial charge in [0.1, 0.15) is 0 Å². The van der Waals surface area contributed by atoms with Crippen LogP contribution in [0.1, 0.15) is 105 Å². The van der Waals surface area contributed by atoms with Crippen LogP contribution in [0.2, 0.25) is 0 Å². The fraction of sp³-hybridized carbons (Fsp3) is 0.812. The van der Waals surface area contributed by atoms with Crippen molar-refractivity contribution in [1.29, 1.82) is 0 Å². The van der Waals surface area contributed by atoms with Crippen molar-refractivity contribution < 1.29 is 13.5 Å². The monoisotopic (exact) mass is 514 g/mol. The van der Waals surface area contributed by atoms with Gasteiger partial charge in [-0.3, -0.25) is 0 Å². The molecule has 6 unspecified atom stereocenters. The molecule has 4 saturated carbocycles. The maximum absolute atomic E-state index is 13.8. The molecule has 36 heavy (non-hydrogen) atoms. The second kappa shape index (κ2) is 10.0. The van der Waals surface area contributed by atoms with E-state index in [1.807, 2.05) is 18.2 Å². The molecule has 4 heteroatoms. The molecule has 1 N–H and O–H groups in total. The lowest BCUT2D eigenvalue weighted by molar-refractivity contribution is -0.126. The van der Waals surface area contributed by atoms with Crippen LogP contribution in [0.5, 0.6) is 0 Å². The third-order valence-corrected chi connectivity index (χ3v) is 14.2. The van der Waals surface area contributed by atoms with Crippen molar-refractivity contribution in [3.8, 4) is 0 Å². The summed E-state index contributed by atoms with van der Waals surface area (Å²) in [4.78, 5) is 0.507. The lowest BCUT2D eigenvalue weighted by Gasteiger charge is -2.61. The van der Waals surface area contributed by atoms with Crippen LogP contribution in [0, 0.1) is 46.3 Å². The van der Waals surface area contributed by atoms with Crippen molar-refractivity contribution in [3.05, 3.63) is 30.3 Å². The first-order chi connectivity index (χ1) is 17.1. The van der Waals surface area contributed by atoms with Gasteiger partial charge in [-0.25, -0.2) is 8.42 Å². The molecule has 0 amide bonds. The first kappa shape index (κ1) is 26.7. The highest BCUT2D eigenvalue weighted by atomic mass is 32.2. The lowest BCUT2D eigenvalue weighted by Crippen LogP contribution is -2.54. The molecular weight excluding hydrogens is 464 g/mol. The minimum absolute atomic E-state index is 0.0846. The summed E-state index contributed by atoms with van der Waals surface area (Å²) in [5, 5.41) is 10.1. The molecule has 5 rings (SSSR count). The zero-order chi connectivity index (χ0) is 25.7. The maximum atomic E-state index is 13.8. The van der Waals surface area contributed by atoms with Crippen LogP contribution in [-0.2, 0) is 9.84 Å². The van der Waals surface area contributed by atoms with Gasteiger partial charge < -0.3 is 5.11 Å². The smallest absolute Gasteiger partial charge is 0.181 e. The predicted molar refractivity (Wildman–Crippen MR) is 147 cm³/mol. The Labute approximate surface area is 220 Å². The Balaban J connectivity index is 1.36. The molecule has 4 fully saturated rings. The van der Waals surface area contributed by atoms with E-state index in [2.05, 4.69) is 27.7 Å². The average Bonchev–Trinajstić information content (AvgIpc) is 3.18. The van der Waals surface area contributed by atoms with Crippen molar-refractivity contribution >= 4 is 9.84 Å². The zero-order valence-corrected chi connectivity index (χ0v) is 24.0. The molecular formula is C32H50O3S. The Morgan fingerprint density at radius 1 is 0.889 bits per heavy atom. The summed E-state index contributed by atoms with van der Waals surface area (Å²) >= 11 is 0. The highest BCUT2D eigenvalue weighted by molar-refractivity contribution is 7.92. The molecule has 0 bridgehead atoms. The second-order valence-corrected chi connectivity index (χ2v) is 16.3. The Kier molecular flexibility index (Phi) is 7.44. The first-order valence-corrected chi connectivity index (χ1v) is 16.6. The van der Waals surface area contributed by atoms with Gasteiger partial charge in [0.15, 0.2) is 9.84 Å². The summed E-state index contributed by atoms with van der Waals surface area (Å²) in [6.45, 7) is 9.52.